The van der Waals surface area contributed by atoms with E-state index in [1.807, 2.05) is 0 Å². The standard InChI is InChI=1S/C14H23N/c1-12-6-5-7-13(10-12)8-9-15-11-14(2,3)4/h5-7,10,15H,8-9,11H2,1-4H3. The van der Waals surface area contributed by atoms with Crippen molar-refractivity contribution in [3.05, 3.63) is 35.4 Å². The van der Waals surface area contributed by atoms with Crippen molar-refractivity contribution in [2.75, 3.05) is 13.1 Å². The normalized spacial score (nSPS) is 11.7. The molecule has 0 aromatic heterocycles. The highest BCUT2D eigenvalue weighted by molar-refractivity contribution is 5.22. The molecule has 0 spiro atoms. The van der Waals surface area contributed by atoms with Crippen LogP contribution in [0.4, 0.5) is 0 Å². The summed E-state index contributed by atoms with van der Waals surface area (Å²) in [7, 11) is 0. The summed E-state index contributed by atoms with van der Waals surface area (Å²) in [5, 5.41) is 3.49. The highest BCUT2D eigenvalue weighted by Gasteiger charge is 2.08. The van der Waals surface area contributed by atoms with E-state index >= 15 is 0 Å². The second kappa shape index (κ2) is 5.32. The molecule has 0 bridgehead atoms. The van der Waals surface area contributed by atoms with Crippen molar-refractivity contribution < 1.29 is 0 Å². The fraction of sp³-hybridized carbons (Fsp3) is 0.571. The first-order chi connectivity index (χ1) is 6.97. The van der Waals surface area contributed by atoms with Crippen molar-refractivity contribution in [2.45, 2.75) is 34.1 Å². The Labute approximate surface area is 93.9 Å². The maximum Gasteiger partial charge on any atom is 0.000000406 e. The van der Waals surface area contributed by atoms with Crippen LogP contribution < -0.4 is 5.32 Å². The van der Waals surface area contributed by atoms with E-state index in [1.54, 1.807) is 0 Å². The van der Waals surface area contributed by atoms with Crippen LogP contribution in [0.25, 0.3) is 0 Å². The molecule has 1 nitrogen and oxygen atoms in total. The van der Waals surface area contributed by atoms with Crippen LogP contribution in [0.1, 0.15) is 31.9 Å². The van der Waals surface area contributed by atoms with Gasteiger partial charge in [0.1, 0.15) is 0 Å². The zero-order chi connectivity index (χ0) is 11.3. The van der Waals surface area contributed by atoms with E-state index in [9.17, 15) is 0 Å². The summed E-state index contributed by atoms with van der Waals surface area (Å²) in [6.45, 7) is 11.1. The summed E-state index contributed by atoms with van der Waals surface area (Å²) >= 11 is 0. The number of nitrogens with one attached hydrogen (secondary N) is 1. The first kappa shape index (κ1) is 12.3. The van der Waals surface area contributed by atoms with Gasteiger partial charge in [-0.1, -0.05) is 50.6 Å². The largest absolute Gasteiger partial charge is 0.316 e. The molecule has 1 rings (SSSR count). The van der Waals surface area contributed by atoms with Gasteiger partial charge in [0, 0.05) is 6.54 Å². The fourth-order valence-electron chi connectivity index (χ4n) is 1.56. The minimum Gasteiger partial charge on any atom is -0.316 e. The minimum absolute atomic E-state index is 0.382. The quantitative estimate of drug-likeness (QED) is 0.744. The van der Waals surface area contributed by atoms with Crippen molar-refractivity contribution in [1.82, 2.24) is 5.32 Å². The Kier molecular flexibility index (Phi) is 4.34. The van der Waals surface area contributed by atoms with Gasteiger partial charge in [-0.05, 0) is 30.9 Å². The maximum atomic E-state index is 3.49. The van der Waals surface area contributed by atoms with Crippen molar-refractivity contribution >= 4 is 0 Å². The lowest BCUT2D eigenvalue weighted by Gasteiger charge is -2.18. The molecule has 1 N–H and O–H groups in total. The number of benzene rings is 1. The predicted molar refractivity (Wildman–Crippen MR) is 67.2 cm³/mol. The van der Waals surface area contributed by atoms with Gasteiger partial charge in [-0.25, -0.2) is 0 Å². The van der Waals surface area contributed by atoms with Gasteiger partial charge in [0.15, 0.2) is 0 Å². The summed E-state index contributed by atoms with van der Waals surface area (Å²) in [4.78, 5) is 0. The van der Waals surface area contributed by atoms with E-state index in [0.29, 0.717) is 5.41 Å². The summed E-state index contributed by atoms with van der Waals surface area (Å²) in [6, 6.07) is 8.74. The molecular weight excluding hydrogens is 182 g/mol. The molecule has 1 heteroatoms. The highest BCUT2D eigenvalue weighted by atomic mass is 14.9. The molecule has 0 heterocycles. The third-order valence-corrected chi connectivity index (χ3v) is 2.33. The number of hydrogen-bond donors (Lipinski definition) is 1. The molecular formula is C14H23N. The lowest BCUT2D eigenvalue weighted by molar-refractivity contribution is 0.381. The molecule has 0 unspecified atom stereocenters. The van der Waals surface area contributed by atoms with Crippen molar-refractivity contribution in [3.63, 3.8) is 0 Å². The average molecular weight is 205 g/mol. The van der Waals surface area contributed by atoms with Gasteiger partial charge in [0.25, 0.3) is 0 Å². The van der Waals surface area contributed by atoms with E-state index in [0.717, 1.165) is 19.5 Å². The molecule has 0 aliphatic carbocycles. The Morgan fingerprint density at radius 2 is 1.93 bits per heavy atom. The molecule has 0 saturated carbocycles. The molecule has 1 aromatic carbocycles. The van der Waals surface area contributed by atoms with Gasteiger partial charge >= 0.3 is 0 Å². The summed E-state index contributed by atoms with van der Waals surface area (Å²) in [5.74, 6) is 0. The predicted octanol–water partition coefficient (Wildman–Crippen LogP) is 3.17. The number of hydrogen-bond acceptors (Lipinski definition) is 1. The van der Waals surface area contributed by atoms with Gasteiger partial charge in [-0.2, -0.15) is 0 Å². The third kappa shape index (κ3) is 5.58. The summed E-state index contributed by atoms with van der Waals surface area (Å²) in [5.41, 5.74) is 3.16. The van der Waals surface area contributed by atoms with Gasteiger partial charge < -0.3 is 5.32 Å². The Morgan fingerprint density at radius 3 is 2.53 bits per heavy atom. The molecule has 84 valence electrons. The van der Waals surface area contributed by atoms with Crippen molar-refractivity contribution in [3.8, 4) is 0 Å². The first-order valence-corrected chi connectivity index (χ1v) is 5.74. The SMILES string of the molecule is Cc1cccc(CCNCC(C)(C)C)c1. The molecule has 0 fully saturated rings. The van der Waals surface area contributed by atoms with E-state index in [4.69, 9.17) is 0 Å². The van der Waals surface area contributed by atoms with Crippen molar-refractivity contribution in [2.24, 2.45) is 5.41 Å². The molecule has 0 amide bonds. The van der Waals surface area contributed by atoms with Crippen LogP contribution in [0.15, 0.2) is 24.3 Å². The Hall–Kier alpha value is -0.820. The topological polar surface area (TPSA) is 12.0 Å². The van der Waals surface area contributed by atoms with Crippen molar-refractivity contribution in [1.29, 1.82) is 0 Å². The van der Waals surface area contributed by atoms with E-state index in [1.165, 1.54) is 11.1 Å². The van der Waals surface area contributed by atoms with Crippen LogP contribution in [0, 0.1) is 12.3 Å². The van der Waals surface area contributed by atoms with Gasteiger partial charge in [-0.15, -0.1) is 0 Å². The Balaban J connectivity index is 2.26. The molecule has 15 heavy (non-hydrogen) atoms. The number of rotatable bonds is 4. The van der Waals surface area contributed by atoms with E-state index in [2.05, 4.69) is 57.3 Å². The Morgan fingerprint density at radius 1 is 1.20 bits per heavy atom. The van der Waals surface area contributed by atoms with Crippen LogP contribution in [-0.4, -0.2) is 13.1 Å². The van der Waals surface area contributed by atoms with Gasteiger partial charge in [0.05, 0.1) is 0 Å². The fourth-order valence-corrected chi connectivity index (χ4v) is 1.56. The molecule has 1 aromatic rings. The summed E-state index contributed by atoms with van der Waals surface area (Å²) in [6.07, 6.45) is 1.12. The lowest BCUT2D eigenvalue weighted by atomic mass is 9.97. The minimum atomic E-state index is 0.382. The average Bonchev–Trinajstić information content (AvgIpc) is 2.11. The number of aryl methyl sites for hydroxylation is 1. The third-order valence-electron chi connectivity index (χ3n) is 2.33. The van der Waals surface area contributed by atoms with Crippen LogP contribution in [-0.2, 0) is 6.42 Å². The lowest BCUT2D eigenvalue weighted by Crippen LogP contribution is -2.28. The van der Waals surface area contributed by atoms with E-state index < -0.39 is 0 Å². The van der Waals surface area contributed by atoms with Crippen LogP contribution in [0.3, 0.4) is 0 Å². The maximum absolute atomic E-state index is 3.49. The zero-order valence-electron chi connectivity index (χ0n) is 10.4. The van der Waals surface area contributed by atoms with Crippen LogP contribution in [0.5, 0.6) is 0 Å². The molecule has 0 radical (unpaired) electrons. The molecule has 0 saturated heterocycles. The molecule has 0 aliphatic heterocycles. The monoisotopic (exact) mass is 205 g/mol. The van der Waals surface area contributed by atoms with E-state index in [-0.39, 0.29) is 0 Å². The molecule has 0 atom stereocenters. The summed E-state index contributed by atoms with van der Waals surface area (Å²) < 4.78 is 0. The van der Waals surface area contributed by atoms with Gasteiger partial charge in [0.2, 0.25) is 0 Å². The smallest absolute Gasteiger partial charge is 0.000000406 e. The second-order valence-electron chi connectivity index (χ2n) is 5.48. The highest BCUT2D eigenvalue weighted by Crippen LogP contribution is 2.10. The molecule has 0 aliphatic rings. The van der Waals surface area contributed by atoms with Gasteiger partial charge in [-0.3, -0.25) is 0 Å². The second-order valence-corrected chi connectivity index (χ2v) is 5.48. The Bertz CT molecular complexity index is 296. The van der Waals surface area contributed by atoms with Crippen LogP contribution >= 0.6 is 0 Å². The van der Waals surface area contributed by atoms with Crippen LogP contribution in [0.2, 0.25) is 0 Å². The zero-order valence-corrected chi connectivity index (χ0v) is 10.4. The first-order valence-electron chi connectivity index (χ1n) is 5.74.